The second-order valence-electron chi connectivity index (χ2n) is 7.28. The smallest absolute Gasteiger partial charge is 0.132 e. The largest absolute Gasteiger partial charge is 0.487 e. The monoisotopic (exact) mass is 365 g/mol. The van der Waals surface area contributed by atoms with Crippen LogP contribution in [-0.2, 0) is 4.74 Å². The zero-order valence-corrected chi connectivity index (χ0v) is 15.4. The third-order valence-electron chi connectivity index (χ3n) is 5.55. The van der Waals surface area contributed by atoms with Crippen LogP contribution in [0.4, 0.5) is 5.82 Å². The highest BCUT2D eigenvalue weighted by Crippen LogP contribution is 2.43. The van der Waals surface area contributed by atoms with Crippen LogP contribution in [0.3, 0.4) is 0 Å². The second-order valence-corrected chi connectivity index (χ2v) is 7.28. The number of fused-ring (bicyclic) bond motifs is 1. The predicted octanol–water partition coefficient (Wildman–Crippen LogP) is 3.18. The number of benzene rings is 1. The van der Waals surface area contributed by atoms with Crippen molar-refractivity contribution in [3.05, 3.63) is 30.6 Å². The number of rotatable bonds is 5. The molecular weight excluding hydrogens is 342 g/mol. The number of morpholine rings is 1. The van der Waals surface area contributed by atoms with Gasteiger partial charge in [0.2, 0.25) is 0 Å². The SMILES string of the molecule is CCC1(Oc2ccc3[nH]nc(-c4cc(N5CCOCC5)ncn4)c3c2)CC1. The average Bonchev–Trinajstić information content (AvgIpc) is 3.38. The van der Waals surface area contributed by atoms with E-state index in [9.17, 15) is 0 Å². The Balaban J connectivity index is 1.49. The van der Waals surface area contributed by atoms with Crippen LogP contribution in [0.15, 0.2) is 30.6 Å². The summed E-state index contributed by atoms with van der Waals surface area (Å²) in [4.78, 5) is 11.1. The Labute approximate surface area is 157 Å². The highest BCUT2D eigenvalue weighted by molar-refractivity contribution is 5.93. The minimum absolute atomic E-state index is 0.0377. The van der Waals surface area contributed by atoms with Gasteiger partial charge >= 0.3 is 0 Å². The van der Waals surface area contributed by atoms with Crippen molar-refractivity contribution in [3.8, 4) is 17.1 Å². The lowest BCUT2D eigenvalue weighted by molar-refractivity contribution is 0.122. The minimum atomic E-state index is 0.0377. The molecule has 7 nitrogen and oxygen atoms in total. The molecule has 5 rings (SSSR count). The number of hydrogen-bond donors (Lipinski definition) is 1. The minimum Gasteiger partial charge on any atom is -0.487 e. The topological polar surface area (TPSA) is 76.2 Å². The van der Waals surface area contributed by atoms with Crippen molar-refractivity contribution in [3.63, 3.8) is 0 Å². The maximum Gasteiger partial charge on any atom is 0.132 e. The molecule has 0 unspecified atom stereocenters. The molecule has 140 valence electrons. The van der Waals surface area contributed by atoms with Crippen LogP contribution in [0.25, 0.3) is 22.3 Å². The standard InChI is InChI=1S/C20H23N5O2/c1-2-20(5-6-20)27-14-3-4-16-15(11-14)19(24-23-16)17-12-18(22-13-21-17)25-7-9-26-10-8-25/h3-4,11-13H,2,5-10H2,1H3,(H,23,24). The molecule has 1 aliphatic heterocycles. The fourth-order valence-corrected chi connectivity index (χ4v) is 3.61. The third-order valence-corrected chi connectivity index (χ3v) is 5.55. The predicted molar refractivity (Wildman–Crippen MR) is 103 cm³/mol. The van der Waals surface area contributed by atoms with Gasteiger partial charge < -0.3 is 14.4 Å². The van der Waals surface area contributed by atoms with E-state index in [0.717, 1.165) is 79.4 Å². The molecule has 7 heteroatoms. The van der Waals surface area contributed by atoms with Gasteiger partial charge in [-0.25, -0.2) is 9.97 Å². The van der Waals surface area contributed by atoms with Crippen molar-refractivity contribution in [1.82, 2.24) is 20.2 Å². The van der Waals surface area contributed by atoms with Gasteiger partial charge in [-0.3, -0.25) is 5.10 Å². The van der Waals surface area contributed by atoms with E-state index in [1.165, 1.54) is 0 Å². The molecule has 1 aliphatic carbocycles. The Morgan fingerprint density at radius 1 is 1.19 bits per heavy atom. The lowest BCUT2D eigenvalue weighted by Crippen LogP contribution is -2.36. The first kappa shape index (κ1) is 16.5. The van der Waals surface area contributed by atoms with Crippen LogP contribution in [0.2, 0.25) is 0 Å². The van der Waals surface area contributed by atoms with E-state index in [4.69, 9.17) is 9.47 Å². The highest BCUT2D eigenvalue weighted by atomic mass is 16.5. The van der Waals surface area contributed by atoms with Gasteiger partial charge in [0.1, 0.15) is 29.2 Å². The van der Waals surface area contributed by atoms with Gasteiger partial charge in [-0.2, -0.15) is 5.10 Å². The first-order valence-corrected chi connectivity index (χ1v) is 9.59. The van der Waals surface area contributed by atoms with Crippen molar-refractivity contribution >= 4 is 16.7 Å². The molecule has 0 radical (unpaired) electrons. The van der Waals surface area contributed by atoms with Crippen molar-refractivity contribution in [1.29, 1.82) is 0 Å². The van der Waals surface area contributed by atoms with Crippen molar-refractivity contribution in [2.24, 2.45) is 0 Å². The molecule has 0 bridgehead atoms. The Morgan fingerprint density at radius 2 is 2.04 bits per heavy atom. The number of nitrogens with one attached hydrogen (secondary N) is 1. The summed E-state index contributed by atoms with van der Waals surface area (Å²) < 4.78 is 11.7. The van der Waals surface area contributed by atoms with E-state index in [-0.39, 0.29) is 5.60 Å². The Bertz CT molecular complexity index is 960. The number of aromatic amines is 1. The first-order chi connectivity index (χ1) is 13.3. The van der Waals surface area contributed by atoms with Crippen LogP contribution >= 0.6 is 0 Å². The summed E-state index contributed by atoms with van der Waals surface area (Å²) >= 11 is 0. The molecular formula is C20H23N5O2. The summed E-state index contributed by atoms with van der Waals surface area (Å²) in [6, 6.07) is 8.11. The number of anilines is 1. The third kappa shape index (κ3) is 3.12. The van der Waals surface area contributed by atoms with Gasteiger partial charge in [0.25, 0.3) is 0 Å². The molecule has 3 heterocycles. The summed E-state index contributed by atoms with van der Waals surface area (Å²) in [5.74, 6) is 1.81. The lowest BCUT2D eigenvalue weighted by atomic mass is 10.1. The van der Waals surface area contributed by atoms with Crippen molar-refractivity contribution in [2.45, 2.75) is 31.8 Å². The molecule has 2 fully saturated rings. The molecule has 2 aliphatic rings. The average molecular weight is 365 g/mol. The van der Waals surface area contributed by atoms with Gasteiger partial charge in [0, 0.05) is 24.5 Å². The molecule has 2 aromatic heterocycles. The second kappa shape index (κ2) is 6.49. The van der Waals surface area contributed by atoms with Gasteiger partial charge in [0.15, 0.2) is 0 Å². The van der Waals surface area contributed by atoms with E-state index < -0.39 is 0 Å². The zero-order chi connectivity index (χ0) is 18.3. The van der Waals surface area contributed by atoms with E-state index in [1.807, 2.05) is 18.2 Å². The Morgan fingerprint density at radius 3 is 2.81 bits per heavy atom. The van der Waals surface area contributed by atoms with E-state index in [2.05, 4.69) is 38.1 Å². The van der Waals surface area contributed by atoms with E-state index >= 15 is 0 Å². The molecule has 1 saturated heterocycles. The van der Waals surface area contributed by atoms with E-state index in [0.29, 0.717) is 0 Å². The quantitative estimate of drug-likeness (QED) is 0.748. The summed E-state index contributed by atoms with van der Waals surface area (Å²) in [5, 5.41) is 8.64. The zero-order valence-electron chi connectivity index (χ0n) is 15.4. The Kier molecular flexibility index (Phi) is 3.97. The van der Waals surface area contributed by atoms with Crippen LogP contribution < -0.4 is 9.64 Å². The van der Waals surface area contributed by atoms with Crippen LogP contribution in [0.5, 0.6) is 5.75 Å². The molecule has 27 heavy (non-hydrogen) atoms. The number of nitrogens with zero attached hydrogens (tertiary/aromatic N) is 4. The number of H-pyrrole nitrogens is 1. The molecule has 3 aromatic rings. The summed E-state index contributed by atoms with van der Waals surface area (Å²) in [6.45, 7) is 5.32. The first-order valence-electron chi connectivity index (χ1n) is 9.59. The summed E-state index contributed by atoms with van der Waals surface area (Å²) in [6.07, 6.45) is 4.92. The molecule has 1 aromatic carbocycles. The van der Waals surface area contributed by atoms with Gasteiger partial charge in [0.05, 0.1) is 24.4 Å². The van der Waals surface area contributed by atoms with Gasteiger partial charge in [-0.05, 0) is 37.5 Å². The number of aromatic nitrogens is 4. The molecule has 0 atom stereocenters. The van der Waals surface area contributed by atoms with Gasteiger partial charge in [-0.1, -0.05) is 6.92 Å². The van der Waals surface area contributed by atoms with Crippen LogP contribution in [0, 0.1) is 0 Å². The van der Waals surface area contributed by atoms with Crippen molar-refractivity contribution < 1.29 is 9.47 Å². The fraction of sp³-hybridized carbons (Fsp3) is 0.450. The maximum atomic E-state index is 6.25. The molecule has 0 spiro atoms. The summed E-state index contributed by atoms with van der Waals surface area (Å²) in [7, 11) is 0. The van der Waals surface area contributed by atoms with Gasteiger partial charge in [-0.15, -0.1) is 0 Å². The molecule has 1 N–H and O–H groups in total. The Hall–Kier alpha value is -2.67. The molecule has 1 saturated carbocycles. The fourth-order valence-electron chi connectivity index (χ4n) is 3.61. The normalized spacial score (nSPS) is 18.6. The summed E-state index contributed by atoms with van der Waals surface area (Å²) in [5.41, 5.74) is 2.65. The van der Waals surface area contributed by atoms with Crippen LogP contribution in [-0.4, -0.2) is 52.1 Å². The van der Waals surface area contributed by atoms with Crippen LogP contribution in [0.1, 0.15) is 26.2 Å². The maximum absolute atomic E-state index is 6.25. The highest BCUT2D eigenvalue weighted by Gasteiger charge is 2.43. The van der Waals surface area contributed by atoms with E-state index in [1.54, 1.807) is 6.33 Å². The lowest BCUT2D eigenvalue weighted by Gasteiger charge is -2.27. The molecule has 0 amide bonds. The number of ether oxygens (including phenoxy) is 2. The number of hydrogen-bond acceptors (Lipinski definition) is 6. The van der Waals surface area contributed by atoms with Crippen molar-refractivity contribution in [2.75, 3.05) is 31.2 Å².